The molecule has 0 aromatic carbocycles. The lowest BCUT2D eigenvalue weighted by Gasteiger charge is -2.30. The molecule has 3 rings (SSSR count). The van der Waals surface area contributed by atoms with E-state index in [0.717, 1.165) is 26.1 Å². The maximum atomic E-state index is 9.49. The summed E-state index contributed by atoms with van der Waals surface area (Å²) >= 11 is 0. The van der Waals surface area contributed by atoms with Gasteiger partial charge >= 0.3 is 0 Å². The van der Waals surface area contributed by atoms with E-state index in [1.54, 1.807) is 7.11 Å². The van der Waals surface area contributed by atoms with E-state index in [0.29, 0.717) is 30.3 Å². The van der Waals surface area contributed by atoms with E-state index in [1.165, 1.54) is 19.3 Å². The van der Waals surface area contributed by atoms with Gasteiger partial charge in [-0.25, -0.2) is 0 Å². The Bertz CT molecular complexity index is 495. The number of aliphatic hydroxyl groups is 1. The van der Waals surface area contributed by atoms with Gasteiger partial charge in [-0.3, -0.25) is 9.80 Å². The van der Waals surface area contributed by atoms with Gasteiger partial charge in [-0.1, -0.05) is 5.16 Å². The third-order valence-electron chi connectivity index (χ3n) is 5.19. The molecule has 1 aromatic heterocycles. The smallest absolute Gasteiger partial charge is 0.240 e. The molecule has 3 unspecified atom stereocenters. The normalized spacial score (nSPS) is 27.8. The maximum Gasteiger partial charge on any atom is 0.240 e. The SMILES string of the molecule is COC(C)c1noc(CN2CCCC2CN2CCCC2CO)n1. The summed E-state index contributed by atoms with van der Waals surface area (Å²) in [4.78, 5) is 9.32. The second kappa shape index (κ2) is 7.70. The minimum absolute atomic E-state index is 0.142. The lowest BCUT2D eigenvalue weighted by Crippen LogP contribution is -2.43. The second-order valence-electron chi connectivity index (χ2n) is 6.66. The Balaban J connectivity index is 1.57. The number of methoxy groups -OCH3 is 1. The van der Waals surface area contributed by atoms with Crippen LogP contribution < -0.4 is 0 Å². The van der Waals surface area contributed by atoms with E-state index in [9.17, 15) is 5.11 Å². The molecule has 1 aromatic rings. The summed E-state index contributed by atoms with van der Waals surface area (Å²) in [5.74, 6) is 1.27. The standard InChI is InChI=1S/C16H28N4O3/c1-12(22-2)16-17-15(23-18-16)10-20-8-3-5-13(20)9-19-7-4-6-14(19)11-21/h12-14,21H,3-11H2,1-2H3. The molecular weight excluding hydrogens is 296 g/mol. The monoisotopic (exact) mass is 324 g/mol. The number of aromatic nitrogens is 2. The summed E-state index contributed by atoms with van der Waals surface area (Å²) in [7, 11) is 1.64. The number of likely N-dealkylation sites (tertiary alicyclic amines) is 2. The van der Waals surface area contributed by atoms with Crippen molar-refractivity contribution in [3.05, 3.63) is 11.7 Å². The molecule has 23 heavy (non-hydrogen) atoms. The first-order valence-electron chi connectivity index (χ1n) is 8.65. The predicted octanol–water partition coefficient (Wildman–Crippen LogP) is 1.20. The molecule has 0 amide bonds. The van der Waals surface area contributed by atoms with Crippen LogP contribution in [0.1, 0.15) is 50.4 Å². The van der Waals surface area contributed by atoms with Gasteiger partial charge < -0.3 is 14.4 Å². The molecule has 7 heteroatoms. The highest BCUT2D eigenvalue weighted by atomic mass is 16.5. The molecule has 3 heterocycles. The third kappa shape index (κ3) is 3.91. The zero-order valence-electron chi connectivity index (χ0n) is 14.1. The largest absolute Gasteiger partial charge is 0.395 e. The molecule has 1 N–H and O–H groups in total. The molecule has 7 nitrogen and oxygen atoms in total. The van der Waals surface area contributed by atoms with E-state index in [1.807, 2.05) is 6.92 Å². The summed E-state index contributed by atoms with van der Waals surface area (Å²) in [5, 5.41) is 13.5. The van der Waals surface area contributed by atoms with Gasteiger partial charge in [0.1, 0.15) is 6.10 Å². The van der Waals surface area contributed by atoms with Crippen molar-refractivity contribution in [2.75, 3.05) is 33.4 Å². The van der Waals surface area contributed by atoms with Crippen LogP contribution in [0.2, 0.25) is 0 Å². The zero-order chi connectivity index (χ0) is 16.2. The van der Waals surface area contributed by atoms with Crippen molar-refractivity contribution in [1.29, 1.82) is 0 Å². The highest BCUT2D eigenvalue weighted by Gasteiger charge is 2.32. The molecule has 2 aliphatic heterocycles. The molecule has 2 saturated heterocycles. The van der Waals surface area contributed by atoms with Crippen LogP contribution >= 0.6 is 0 Å². The van der Waals surface area contributed by atoms with E-state index in [-0.39, 0.29) is 12.7 Å². The van der Waals surface area contributed by atoms with E-state index in [4.69, 9.17) is 9.26 Å². The Labute approximate surface area is 137 Å². The molecule has 3 atom stereocenters. The van der Waals surface area contributed by atoms with Crippen molar-refractivity contribution in [3.63, 3.8) is 0 Å². The molecule has 0 aliphatic carbocycles. The fourth-order valence-corrected chi connectivity index (χ4v) is 3.70. The van der Waals surface area contributed by atoms with Crippen molar-refractivity contribution < 1.29 is 14.4 Å². The fraction of sp³-hybridized carbons (Fsp3) is 0.875. The number of ether oxygens (including phenoxy) is 1. The Morgan fingerprint density at radius 3 is 2.74 bits per heavy atom. The molecule has 0 radical (unpaired) electrons. The van der Waals surface area contributed by atoms with E-state index < -0.39 is 0 Å². The predicted molar refractivity (Wildman–Crippen MR) is 84.8 cm³/mol. The van der Waals surface area contributed by atoms with Gasteiger partial charge in [0, 0.05) is 25.7 Å². The molecule has 0 spiro atoms. The Hall–Kier alpha value is -1.02. The van der Waals surface area contributed by atoms with Crippen molar-refractivity contribution in [1.82, 2.24) is 19.9 Å². The number of nitrogens with zero attached hydrogens (tertiary/aromatic N) is 4. The van der Waals surface area contributed by atoms with Crippen molar-refractivity contribution >= 4 is 0 Å². The van der Waals surface area contributed by atoms with Gasteiger partial charge in [-0.05, 0) is 45.7 Å². The molecule has 130 valence electrons. The van der Waals surface area contributed by atoms with Crippen LogP contribution in [-0.4, -0.2) is 70.5 Å². The maximum absolute atomic E-state index is 9.49. The van der Waals surface area contributed by atoms with Crippen LogP contribution in [0.4, 0.5) is 0 Å². The lowest BCUT2D eigenvalue weighted by molar-refractivity contribution is 0.109. The highest BCUT2D eigenvalue weighted by Crippen LogP contribution is 2.24. The van der Waals surface area contributed by atoms with E-state index in [2.05, 4.69) is 19.9 Å². The zero-order valence-corrected chi connectivity index (χ0v) is 14.1. The average Bonchev–Trinajstić information content (AvgIpc) is 3.29. The number of hydrogen-bond donors (Lipinski definition) is 1. The molecule has 2 aliphatic rings. The lowest BCUT2D eigenvalue weighted by atomic mass is 10.2. The third-order valence-corrected chi connectivity index (χ3v) is 5.19. The molecular formula is C16H28N4O3. The summed E-state index contributed by atoms with van der Waals surface area (Å²) < 4.78 is 10.6. The first-order valence-corrected chi connectivity index (χ1v) is 8.65. The number of aliphatic hydroxyl groups excluding tert-OH is 1. The van der Waals surface area contributed by atoms with Gasteiger partial charge in [-0.2, -0.15) is 4.98 Å². The van der Waals surface area contributed by atoms with Crippen LogP contribution in [0, 0.1) is 0 Å². The van der Waals surface area contributed by atoms with Crippen LogP contribution in [0.25, 0.3) is 0 Å². The highest BCUT2D eigenvalue weighted by molar-refractivity contribution is 4.93. The van der Waals surface area contributed by atoms with Crippen LogP contribution in [-0.2, 0) is 11.3 Å². The van der Waals surface area contributed by atoms with Gasteiger partial charge in [0.25, 0.3) is 0 Å². The topological polar surface area (TPSA) is 74.9 Å². The molecule has 0 bridgehead atoms. The van der Waals surface area contributed by atoms with Crippen LogP contribution in [0.15, 0.2) is 4.52 Å². The van der Waals surface area contributed by atoms with Gasteiger partial charge in [0.15, 0.2) is 5.82 Å². The van der Waals surface area contributed by atoms with Crippen molar-refractivity contribution in [2.24, 2.45) is 0 Å². The minimum Gasteiger partial charge on any atom is -0.395 e. The Morgan fingerprint density at radius 1 is 1.26 bits per heavy atom. The van der Waals surface area contributed by atoms with Gasteiger partial charge in [0.2, 0.25) is 5.89 Å². The summed E-state index contributed by atoms with van der Waals surface area (Å²) in [6.07, 6.45) is 4.57. The Kier molecular flexibility index (Phi) is 5.63. The number of hydrogen-bond acceptors (Lipinski definition) is 7. The Morgan fingerprint density at radius 2 is 2.00 bits per heavy atom. The summed E-state index contributed by atoms with van der Waals surface area (Å²) in [6, 6.07) is 0.854. The quantitative estimate of drug-likeness (QED) is 0.807. The van der Waals surface area contributed by atoms with Crippen LogP contribution in [0.3, 0.4) is 0 Å². The van der Waals surface area contributed by atoms with Crippen molar-refractivity contribution in [3.8, 4) is 0 Å². The summed E-state index contributed by atoms with van der Waals surface area (Å²) in [6.45, 7) is 6.09. The molecule has 0 saturated carbocycles. The molecule has 2 fully saturated rings. The second-order valence-corrected chi connectivity index (χ2v) is 6.66. The number of rotatable bonds is 7. The average molecular weight is 324 g/mol. The first kappa shape index (κ1) is 16.8. The van der Waals surface area contributed by atoms with Gasteiger partial charge in [-0.15, -0.1) is 0 Å². The minimum atomic E-state index is -0.142. The summed E-state index contributed by atoms with van der Waals surface area (Å²) in [5.41, 5.74) is 0. The van der Waals surface area contributed by atoms with E-state index >= 15 is 0 Å². The van der Waals surface area contributed by atoms with Crippen LogP contribution in [0.5, 0.6) is 0 Å². The first-order chi connectivity index (χ1) is 11.2. The van der Waals surface area contributed by atoms with Crippen molar-refractivity contribution in [2.45, 2.75) is 57.3 Å². The fourth-order valence-electron chi connectivity index (χ4n) is 3.70. The van der Waals surface area contributed by atoms with Gasteiger partial charge in [0.05, 0.1) is 13.2 Å².